The molecule has 0 aliphatic carbocycles. The van der Waals surface area contributed by atoms with Crippen molar-refractivity contribution in [1.82, 2.24) is 9.80 Å². The Balaban J connectivity index is 2.36. The van der Waals surface area contributed by atoms with Gasteiger partial charge in [0.15, 0.2) is 0 Å². The molecule has 1 rings (SSSR count). The van der Waals surface area contributed by atoms with E-state index in [0.717, 1.165) is 32.7 Å². The summed E-state index contributed by atoms with van der Waals surface area (Å²) in [7, 11) is 0. The summed E-state index contributed by atoms with van der Waals surface area (Å²) >= 11 is 3.30. The van der Waals surface area contributed by atoms with Crippen molar-refractivity contribution in [1.29, 1.82) is 0 Å². The van der Waals surface area contributed by atoms with Crippen LogP contribution in [0.1, 0.15) is 13.8 Å². The summed E-state index contributed by atoms with van der Waals surface area (Å²) in [6.45, 7) is 8.92. The average Bonchev–Trinajstić information content (AvgIpc) is 2.17. The monoisotopic (exact) mass is 248 g/mol. The molecule has 1 heterocycles. The van der Waals surface area contributed by atoms with E-state index in [1.165, 1.54) is 0 Å². The molecule has 0 radical (unpaired) electrons. The van der Waals surface area contributed by atoms with Crippen LogP contribution in [0.2, 0.25) is 0 Å². The zero-order chi connectivity index (χ0) is 9.84. The number of alkyl halides is 1. The molecule has 0 aromatic rings. The Bertz CT molecular complexity index is 176. The van der Waals surface area contributed by atoms with Gasteiger partial charge in [-0.25, -0.2) is 0 Å². The van der Waals surface area contributed by atoms with Crippen LogP contribution in [0.3, 0.4) is 0 Å². The fourth-order valence-corrected chi connectivity index (χ4v) is 1.83. The molecule has 1 fully saturated rings. The first kappa shape index (κ1) is 11.0. The lowest BCUT2D eigenvalue weighted by molar-refractivity contribution is -0.131. The Morgan fingerprint density at radius 3 is 2.31 bits per heavy atom. The Hall–Kier alpha value is -0.0900. The molecule has 0 N–H and O–H groups in total. The van der Waals surface area contributed by atoms with Crippen LogP contribution in [0, 0.1) is 0 Å². The number of hydrogen-bond donors (Lipinski definition) is 0. The minimum Gasteiger partial charge on any atom is -0.339 e. The fourth-order valence-electron chi connectivity index (χ4n) is 1.54. The van der Waals surface area contributed by atoms with E-state index in [9.17, 15) is 4.79 Å². The lowest BCUT2D eigenvalue weighted by Gasteiger charge is -2.34. The molecule has 0 aromatic carbocycles. The van der Waals surface area contributed by atoms with Gasteiger partial charge >= 0.3 is 0 Å². The van der Waals surface area contributed by atoms with Gasteiger partial charge in [0.25, 0.3) is 0 Å². The Kier molecular flexibility index (Phi) is 4.19. The molecular weight excluding hydrogens is 232 g/mol. The number of amides is 1. The standard InChI is InChI=1S/C9H17BrN2O/c1-3-11-4-6-12(7-5-11)9(13)8(2)10/h8H,3-7H2,1-2H3. The molecule has 4 heteroatoms. The van der Waals surface area contributed by atoms with Gasteiger partial charge < -0.3 is 9.80 Å². The third-order valence-corrected chi connectivity index (χ3v) is 2.86. The quantitative estimate of drug-likeness (QED) is 0.680. The number of rotatable bonds is 2. The molecule has 0 aromatic heterocycles. The van der Waals surface area contributed by atoms with Crippen molar-refractivity contribution < 1.29 is 4.79 Å². The number of carbonyl (C=O) groups excluding carboxylic acids is 1. The molecule has 0 saturated carbocycles. The molecule has 1 amide bonds. The van der Waals surface area contributed by atoms with Crippen LogP contribution in [0.15, 0.2) is 0 Å². The SMILES string of the molecule is CCN1CCN(C(=O)C(C)Br)CC1. The Labute approximate surface area is 88.2 Å². The maximum Gasteiger partial charge on any atom is 0.236 e. The highest BCUT2D eigenvalue weighted by Crippen LogP contribution is 2.07. The summed E-state index contributed by atoms with van der Waals surface area (Å²) < 4.78 is 0. The van der Waals surface area contributed by atoms with E-state index in [1.54, 1.807) is 0 Å². The highest BCUT2D eigenvalue weighted by atomic mass is 79.9. The first-order chi connectivity index (χ1) is 6.15. The zero-order valence-corrected chi connectivity index (χ0v) is 9.88. The molecule has 0 spiro atoms. The van der Waals surface area contributed by atoms with Crippen LogP contribution in [-0.4, -0.2) is 53.3 Å². The smallest absolute Gasteiger partial charge is 0.236 e. The summed E-state index contributed by atoms with van der Waals surface area (Å²) in [4.78, 5) is 15.8. The van der Waals surface area contributed by atoms with E-state index in [1.807, 2.05) is 11.8 Å². The van der Waals surface area contributed by atoms with E-state index in [2.05, 4.69) is 27.8 Å². The number of likely N-dealkylation sites (N-methyl/N-ethyl adjacent to an activating group) is 1. The van der Waals surface area contributed by atoms with E-state index in [-0.39, 0.29) is 10.7 Å². The van der Waals surface area contributed by atoms with Gasteiger partial charge in [-0.15, -0.1) is 0 Å². The molecule has 3 nitrogen and oxygen atoms in total. The Morgan fingerprint density at radius 2 is 1.92 bits per heavy atom. The molecule has 76 valence electrons. The molecule has 1 aliphatic rings. The average molecular weight is 249 g/mol. The van der Waals surface area contributed by atoms with E-state index < -0.39 is 0 Å². The second-order valence-corrected chi connectivity index (χ2v) is 4.75. The summed E-state index contributed by atoms with van der Waals surface area (Å²) in [5.74, 6) is 0.218. The summed E-state index contributed by atoms with van der Waals surface area (Å²) in [6, 6.07) is 0. The third-order valence-electron chi connectivity index (χ3n) is 2.47. The first-order valence-electron chi connectivity index (χ1n) is 4.80. The predicted molar refractivity (Wildman–Crippen MR) is 57.1 cm³/mol. The molecule has 1 atom stereocenters. The normalized spacial score (nSPS) is 21.6. The van der Waals surface area contributed by atoms with E-state index in [4.69, 9.17) is 0 Å². The topological polar surface area (TPSA) is 23.6 Å². The number of nitrogens with zero attached hydrogens (tertiary/aromatic N) is 2. The first-order valence-corrected chi connectivity index (χ1v) is 5.72. The van der Waals surface area contributed by atoms with Crippen LogP contribution in [-0.2, 0) is 4.79 Å². The largest absolute Gasteiger partial charge is 0.339 e. The summed E-state index contributed by atoms with van der Waals surface area (Å²) in [6.07, 6.45) is 0. The third kappa shape index (κ3) is 2.95. The predicted octanol–water partition coefficient (Wildman–Crippen LogP) is 0.934. The minimum atomic E-state index is -0.0410. The van der Waals surface area contributed by atoms with Gasteiger partial charge in [-0.2, -0.15) is 0 Å². The number of hydrogen-bond acceptors (Lipinski definition) is 2. The molecular formula is C9H17BrN2O. The maximum absolute atomic E-state index is 11.6. The highest BCUT2D eigenvalue weighted by Gasteiger charge is 2.22. The van der Waals surface area contributed by atoms with Crippen molar-refractivity contribution in [3.63, 3.8) is 0 Å². The lowest BCUT2D eigenvalue weighted by Crippen LogP contribution is -2.50. The van der Waals surface area contributed by atoms with Crippen molar-refractivity contribution in [3.8, 4) is 0 Å². The second-order valence-electron chi connectivity index (χ2n) is 3.38. The molecule has 1 unspecified atom stereocenters. The lowest BCUT2D eigenvalue weighted by atomic mass is 10.3. The van der Waals surface area contributed by atoms with Gasteiger partial charge in [-0.1, -0.05) is 22.9 Å². The van der Waals surface area contributed by atoms with Gasteiger partial charge in [-0.05, 0) is 13.5 Å². The van der Waals surface area contributed by atoms with Crippen LogP contribution in [0.25, 0.3) is 0 Å². The molecule has 0 bridgehead atoms. The van der Waals surface area contributed by atoms with E-state index in [0.29, 0.717) is 0 Å². The fraction of sp³-hybridized carbons (Fsp3) is 0.889. The van der Waals surface area contributed by atoms with Crippen LogP contribution in [0.4, 0.5) is 0 Å². The molecule has 1 saturated heterocycles. The maximum atomic E-state index is 11.6. The van der Waals surface area contributed by atoms with E-state index >= 15 is 0 Å². The van der Waals surface area contributed by atoms with Crippen LogP contribution >= 0.6 is 15.9 Å². The van der Waals surface area contributed by atoms with Gasteiger partial charge in [-0.3, -0.25) is 4.79 Å². The Morgan fingerprint density at radius 1 is 1.38 bits per heavy atom. The number of halogens is 1. The van der Waals surface area contributed by atoms with Crippen LogP contribution in [0.5, 0.6) is 0 Å². The number of carbonyl (C=O) groups is 1. The number of piperazine rings is 1. The van der Waals surface area contributed by atoms with Crippen molar-refractivity contribution in [2.45, 2.75) is 18.7 Å². The summed E-state index contributed by atoms with van der Waals surface area (Å²) in [5, 5.41) is 0. The molecule has 13 heavy (non-hydrogen) atoms. The van der Waals surface area contributed by atoms with Crippen molar-refractivity contribution in [2.75, 3.05) is 32.7 Å². The minimum absolute atomic E-state index is 0.0410. The zero-order valence-electron chi connectivity index (χ0n) is 8.29. The van der Waals surface area contributed by atoms with Gasteiger partial charge in [0.05, 0.1) is 4.83 Å². The van der Waals surface area contributed by atoms with Crippen LogP contribution < -0.4 is 0 Å². The molecule has 1 aliphatic heterocycles. The second kappa shape index (κ2) is 4.96. The van der Waals surface area contributed by atoms with Crippen molar-refractivity contribution >= 4 is 21.8 Å². The van der Waals surface area contributed by atoms with Crippen molar-refractivity contribution in [2.24, 2.45) is 0 Å². The highest BCUT2D eigenvalue weighted by molar-refractivity contribution is 9.10. The van der Waals surface area contributed by atoms with Gasteiger partial charge in [0.1, 0.15) is 0 Å². The van der Waals surface area contributed by atoms with Crippen molar-refractivity contribution in [3.05, 3.63) is 0 Å². The van der Waals surface area contributed by atoms with Gasteiger partial charge in [0, 0.05) is 26.2 Å². The summed E-state index contributed by atoms with van der Waals surface area (Å²) in [5.41, 5.74) is 0. The van der Waals surface area contributed by atoms with Gasteiger partial charge in [0.2, 0.25) is 5.91 Å².